The van der Waals surface area contributed by atoms with Crippen LogP contribution in [-0.4, -0.2) is 90.7 Å². The number of hydrogen-bond donors (Lipinski definition) is 0. The Morgan fingerprint density at radius 3 is 1.23 bits per heavy atom. The molecule has 0 saturated carbocycles. The first kappa shape index (κ1) is 66.5. The molecule has 530 valence electrons. The molecule has 0 amide bonds. The van der Waals surface area contributed by atoms with Crippen molar-refractivity contribution in [2.45, 2.75) is 118 Å². The summed E-state index contributed by atoms with van der Waals surface area (Å²) < 4.78 is 2.27. The summed E-state index contributed by atoms with van der Waals surface area (Å²) in [6.07, 6.45) is 22.6. The lowest BCUT2D eigenvalue weighted by Gasteiger charge is -2.23. The van der Waals surface area contributed by atoms with E-state index in [-0.39, 0.29) is 12.3 Å². The maximum Gasteiger partial charge on any atom is 0.262 e. The number of fused-ring (bicyclic) bond motifs is 20. The van der Waals surface area contributed by atoms with Crippen LogP contribution in [0.2, 0.25) is 0 Å². The van der Waals surface area contributed by atoms with Gasteiger partial charge >= 0.3 is 0 Å². The molecule has 13 aromatic rings. The number of likely N-dealkylation sites (N-methyl/N-ethyl adjacent to an activating group) is 3. The Morgan fingerprint density at radius 1 is 0.346 bits per heavy atom. The Bertz CT molecular complexity index is 5420. The summed E-state index contributed by atoms with van der Waals surface area (Å²) in [6.45, 7) is 17.3. The van der Waals surface area contributed by atoms with Gasteiger partial charge in [-0.15, -0.1) is 4.98 Å². The van der Waals surface area contributed by atoms with Crippen molar-refractivity contribution in [3.8, 4) is 39.9 Å². The van der Waals surface area contributed by atoms with Crippen molar-refractivity contribution in [3.63, 3.8) is 0 Å². The molecule has 107 heavy (non-hydrogen) atoms. The van der Waals surface area contributed by atoms with Gasteiger partial charge in [-0.05, 0) is 138 Å². The van der Waals surface area contributed by atoms with Gasteiger partial charge in [0.15, 0.2) is 46.8 Å². The number of aromatic nitrogens is 10. The van der Waals surface area contributed by atoms with Crippen LogP contribution in [0, 0.1) is 27.7 Å². The minimum Gasteiger partial charge on any atom is -0.337 e. The number of benzene rings is 7. The summed E-state index contributed by atoms with van der Waals surface area (Å²) in [4.78, 5) is 61.2. The van der Waals surface area contributed by atoms with E-state index in [0.29, 0.717) is 24.2 Å². The molecule has 6 aromatic heterocycles. The van der Waals surface area contributed by atoms with E-state index in [1.165, 1.54) is 90.0 Å². The van der Waals surface area contributed by atoms with E-state index in [2.05, 4.69) is 296 Å². The molecule has 18 heteroatoms. The number of pyridine rings is 2. The molecule has 4 unspecified atom stereocenters. The average molecular weight is 1410 g/mol. The molecule has 0 bridgehead atoms. The molecule has 8 aliphatic rings. The molecule has 0 saturated heterocycles. The van der Waals surface area contributed by atoms with Crippen LogP contribution in [0.5, 0.6) is 0 Å². The van der Waals surface area contributed by atoms with Gasteiger partial charge in [0.2, 0.25) is 6.33 Å². The molecule has 0 radical (unpaired) electrons. The predicted octanol–water partition coefficient (Wildman–Crippen LogP) is 17.6. The molecule has 0 fully saturated rings. The lowest BCUT2D eigenvalue weighted by Crippen LogP contribution is -2.42. The van der Waals surface area contributed by atoms with Crippen LogP contribution in [0.3, 0.4) is 0 Å². The normalized spacial score (nSPS) is 17.2. The summed E-state index contributed by atoms with van der Waals surface area (Å²) in [6, 6.07) is 62.0. The van der Waals surface area contributed by atoms with E-state index in [1.807, 2.05) is 74.8 Å². The quantitative estimate of drug-likeness (QED) is 0.139. The van der Waals surface area contributed by atoms with Gasteiger partial charge in [0.1, 0.15) is 53.1 Å². The van der Waals surface area contributed by atoms with Crippen molar-refractivity contribution in [1.29, 1.82) is 0 Å². The monoisotopic (exact) mass is 1410 g/mol. The minimum atomic E-state index is 0.208. The predicted molar refractivity (Wildman–Crippen MR) is 429 cm³/mol. The Balaban J connectivity index is 0.000000101. The summed E-state index contributed by atoms with van der Waals surface area (Å²) in [7, 11) is 6.39. The van der Waals surface area contributed by atoms with Crippen molar-refractivity contribution >= 4 is 74.5 Å². The molecule has 0 aliphatic carbocycles. The van der Waals surface area contributed by atoms with Crippen molar-refractivity contribution in [3.05, 3.63) is 287 Å². The second-order valence-electron chi connectivity index (χ2n) is 29.7. The Morgan fingerprint density at radius 2 is 0.757 bits per heavy atom. The fraction of sp³-hybridized carbons (Fsp3) is 0.236. The molecule has 0 spiro atoms. The molecule has 4 atom stereocenters. The number of aryl methyl sites for hydroxylation is 4. The maximum absolute atomic E-state index is 5.09. The van der Waals surface area contributed by atoms with Crippen molar-refractivity contribution in [1.82, 2.24) is 44.9 Å². The highest BCUT2D eigenvalue weighted by molar-refractivity contribution is 5.90. The van der Waals surface area contributed by atoms with Crippen molar-refractivity contribution in [2.75, 3.05) is 60.3 Å². The van der Waals surface area contributed by atoms with Crippen LogP contribution in [-0.2, 0) is 25.7 Å². The first-order valence-corrected chi connectivity index (χ1v) is 37.2. The zero-order chi connectivity index (χ0) is 73.0. The second kappa shape index (κ2) is 26.6. The highest BCUT2D eigenvalue weighted by atomic mass is 15.5. The van der Waals surface area contributed by atoms with Crippen LogP contribution < -0.4 is 43.8 Å². The summed E-state index contributed by atoms with van der Waals surface area (Å²) in [5.41, 5.74) is 28.0. The molecule has 8 aliphatic heterocycles. The van der Waals surface area contributed by atoms with Gasteiger partial charge in [-0.1, -0.05) is 161 Å². The van der Waals surface area contributed by atoms with Crippen LogP contribution in [0.25, 0.3) is 39.9 Å². The summed E-state index contributed by atoms with van der Waals surface area (Å²) in [5, 5.41) is 0. The number of anilines is 13. The molecule has 0 N–H and O–H groups in total. The van der Waals surface area contributed by atoms with Gasteiger partial charge in [0.25, 0.3) is 5.82 Å². The van der Waals surface area contributed by atoms with E-state index in [0.717, 1.165) is 106 Å². The molecule has 18 nitrogen and oxygen atoms in total. The van der Waals surface area contributed by atoms with Crippen LogP contribution in [0.15, 0.2) is 232 Å². The van der Waals surface area contributed by atoms with Gasteiger partial charge in [0, 0.05) is 111 Å². The van der Waals surface area contributed by atoms with Crippen LogP contribution in [0.1, 0.15) is 95.2 Å². The molecular formula is C89H85N18+. The fourth-order valence-corrected chi connectivity index (χ4v) is 17.3. The maximum atomic E-state index is 5.09. The first-order valence-electron chi connectivity index (χ1n) is 37.2. The topological polar surface area (TPSA) is 146 Å². The smallest absolute Gasteiger partial charge is 0.262 e. The molecule has 21 rings (SSSR count). The van der Waals surface area contributed by atoms with E-state index >= 15 is 0 Å². The number of nitrogens with zero attached hydrogens (tertiary/aromatic N) is 18. The molecular weight excluding hydrogens is 1320 g/mol. The highest BCUT2D eigenvalue weighted by Gasteiger charge is 2.50. The van der Waals surface area contributed by atoms with E-state index in [9.17, 15) is 0 Å². The first-order chi connectivity index (χ1) is 52.2. The van der Waals surface area contributed by atoms with Crippen molar-refractivity contribution in [2.24, 2.45) is 0 Å². The molecule has 7 aromatic carbocycles. The second-order valence-corrected chi connectivity index (χ2v) is 29.7. The fourth-order valence-electron chi connectivity index (χ4n) is 17.3. The Hall–Kier alpha value is -12.4. The van der Waals surface area contributed by atoms with Gasteiger partial charge in [-0.2, -0.15) is 4.57 Å². The van der Waals surface area contributed by atoms with E-state index in [1.54, 1.807) is 6.20 Å². The third-order valence-electron chi connectivity index (χ3n) is 22.6. The van der Waals surface area contributed by atoms with Gasteiger partial charge in [-0.25, -0.2) is 34.8 Å². The summed E-state index contributed by atoms with van der Waals surface area (Å²) >= 11 is 0. The highest BCUT2D eigenvalue weighted by Crippen LogP contribution is 2.54. The van der Waals surface area contributed by atoms with Gasteiger partial charge < -0.3 is 29.4 Å². The van der Waals surface area contributed by atoms with E-state index < -0.39 is 0 Å². The van der Waals surface area contributed by atoms with Crippen molar-refractivity contribution < 1.29 is 4.57 Å². The zero-order valence-corrected chi connectivity index (χ0v) is 62.3. The summed E-state index contributed by atoms with van der Waals surface area (Å²) in [5.74, 6) is 7.28. The van der Waals surface area contributed by atoms with E-state index in [4.69, 9.17) is 19.9 Å². The standard InChI is InChI=1S/C26H23N4.C24H27N5.C20H18N4.C19H17N5/c1-18-9-8-10-19(2)25(18)28-17-27-16-23-26(28)29(21-12-4-3-5-13-21)24-15-20-11-6-7-14-22(20)30(23)24;1-14(2)17-11-25-12-18(15(3)4)22(17)23-26-13-20-24(27-23)28(5)21-10-16-8-6-7-9-19(16)29(20)21;1-13-7-3-5-9-15(13)19-21-12-17-20(22-19)23(2)18-11-14-8-4-6-10-16(14)24(17)18;1-12-10-20-8-7-14(12)18-21-11-16-19(22-18)23(2)17-9-13-5-3-4-6-15(13)24(16)17/h3-14,16-17,24H,15H2,1-2H3;6-9,11-15,21H,10H2,1-5H3;3-10,12,18H,11H2,1-2H3;3-8,10-11,17H,9H2,1-2H3/q+1;;;. The average Bonchev–Trinajstić information content (AvgIpc) is 1.56. The van der Waals surface area contributed by atoms with Gasteiger partial charge in [0.05, 0.1) is 18.6 Å². The Labute approximate surface area is 625 Å². The number of hydrogen-bond acceptors (Lipinski definition) is 17. The largest absolute Gasteiger partial charge is 0.337 e. The number of rotatable bonds is 7. The number of para-hydroxylation sites is 6. The van der Waals surface area contributed by atoms with Gasteiger partial charge in [-0.3, -0.25) is 14.9 Å². The zero-order valence-electron chi connectivity index (χ0n) is 62.3. The SMILES string of the molecule is CC(C)c1cncc(C(C)C)c1-c1ncc2c(n1)N(C)C1Cc3ccccc3N21.Cc1cccc(C)c1-[n+]1cncc2c1N(c1ccccc1)C1Cc3ccccc3N21.Cc1ccccc1-c1ncc2c(n1)N(C)C1Cc3ccccc3N21.Cc1cnccc1-c1ncc2c(n1)N(C)C1Cc3ccccc3N21. The molecule has 14 heterocycles. The lowest BCUT2D eigenvalue weighted by atomic mass is 9.90. The van der Waals surface area contributed by atoms with Crippen LogP contribution in [0.4, 0.5) is 74.5 Å². The third kappa shape index (κ3) is 11.0. The third-order valence-corrected chi connectivity index (χ3v) is 22.6. The Kier molecular flexibility index (Phi) is 16.5. The minimum absolute atomic E-state index is 0.208. The van der Waals surface area contributed by atoms with Crippen LogP contribution >= 0.6 is 0 Å². The lowest BCUT2D eigenvalue weighted by molar-refractivity contribution is -0.585.